The van der Waals surface area contributed by atoms with Gasteiger partial charge in [0.2, 0.25) is 5.91 Å². The molecular weight excluding hydrogens is 340 g/mol. The monoisotopic (exact) mass is 364 g/mol. The molecule has 0 saturated carbocycles. The predicted molar refractivity (Wildman–Crippen MR) is 107 cm³/mol. The molecule has 27 heavy (non-hydrogen) atoms. The van der Waals surface area contributed by atoms with Crippen LogP contribution in [0.2, 0.25) is 0 Å². The lowest BCUT2D eigenvalue weighted by Crippen LogP contribution is -2.20. The maximum atomic E-state index is 12.8. The Hall–Kier alpha value is -3.21. The Bertz CT molecular complexity index is 881. The van der Waals surface area contributed by atoms with E-state index in [1.807, 2.05) is 36.7 Å². The van der Waals surface area contributed by atoms with Gasteiger partial charge >= 0.3 is 0 Å². The summed E-state index contributed by atoms with van der Waals surface area (Å²) in [6.45, 7) is 2.07. The van der Waals surface area contributed by atoms with Gasteiger partial charge in [0.25, 0.3) is 0 Å². The maximum absolute atomic E-state index is 12.8. The molecule has 5 heteroatoms. The minimum atomic E-state index is -0.0766. The zero-order valence-electron chi connectivity index (χ0n) is 15.8. The molecule has 0 aliphatic rings. The van der Waals surface area contributed by atoms with Gasteiger partial charge in [0.1, 0.15) is 11.5 Å². The number of ether oxygens (including phenoxy) is 2. The van der Waals surface area contributed by atoms with E-state index in [1.165, 1.54) is 0 Å². The number of methoxy groups -OCH3 is 2. The SMILES string of the molecule is COc1cc(NC(=O)CC(c2ccccc2C)n2cccc2)cc(OC)c1. The number of anilines is 1. The summed E-state index contributed by atoms with van der Waals surface area (Å²) in [6, 6.07) is 17.3. The number of carbonyl (C=O) groups is 1. The summed E-state index contributed by atoms with van der Waals surface area (Å²) < 4.78 is 12.6. The molecule has 2 aromatic carbocycles. The third kappa shape index (κ3) is 4.50. The van der Waals surface area contributed by atoms with E-state index in [-0.39, 0.29) is 11.9 Å². The smallest absolute Gasteiger partial charge is 0.226 e. The molecule has 0 spiro atoms. The Morgan fingerprint density at radius 2 is 1.63 bits per heavy atom. The topological polar surface area (TPSA) is 52.5 Å². The van der Waals surface area contributed by atoms with Gasteiger partial charge in [-0.05, 0) is 30.2 Å². The second-order valence-corrected chi connectivity index (χ2v) is 6.36. The molecule has 1 atom stereocenters. The standard InChI is InChI=1S/C22H24N2O3/c1-16-8-4-5-9-20(16)21(24-10-6-7-11-24)15-22(25)23-17-12-18(26-2)14-19(13-17)27-3/h4-14,21H,15H2,1-3H3,(H,23,25). The third-order valence-electron chi connectivity index (χ3n) is 4.55. The van der Waals surface area contributed by atoms with E-state index in [4.69, 9.17) is 9.47 Å². The highest BCUT2D eigenvalue weighted by Gasteiger charge is 2.19. The van der Waals surface area contributed by atoms with Crippen molar-refractivity contribution in [1.82, 2.24) is 4.57 Å². The van der Waals surface area contributed by atoms with Crippen molar-refractivity contribution in [3.05, 3.63) is 78.1 Å². The summed E-state index contributed by atoms with van der Waals surface area (Å²) in [7, 11) is 3.17. The molecule has 3 rings (SSSR count). The second kappa shape index (κ2) is 8.45. The summed E-state index contributed by atoms with van der Waals surface area (Å²) in [5, 5.41) is 2.96. The van der Waals surface area contributed by atoms with Gasteiger partial charge in [-0.25, -0.2) is 0 Å². The van der Waals surface area contributed by atoms with Crippen molar-refractivity contribution in [2.24, 2.45) is 0 Å². The number of aryl methyl sites for hydroxylation is 1. The number of carbonyl (C=O) groups excluding carboxylic acids is 1. The first-order chi connectivity index (χ1) is 13.1. The minimum absolute atomic E-state index is 0.0753. The van der Waals surface area contributed by atoms with Crippen LogP contribution in [0.5, 0.6) is 11.5 Å². The summed E-state index contributed by atoms with van der Waals surface area (Å²) in [5.41, 5.74) is 2.94. The van der Waals surface area contributed by atoms with Crippen LogP contribution >= 0.6 is 0 Å². The van der Waals surface area contributed by atoms with E-state index < -0.39 is 0 Å². The highest BCUT2D eigenvalue weighted by molar-refractivity contribution is 5.91. The van der Waals surface area contributed by atoms with Crippen LogP contribution in [0.25, 0.3) is 0 Å². The van der Waals surface area contributed by atoms with Gasteiger partial charge in [0.05, 0.1) is 26.7 Å². The molecule has 0 aliphatic heterocycles. The zero-order chi connectivity index (χ0) is 19.2. The maximum Gasteiger partial charge on any atom is 0.226 e. The molecule has 5 nitrogen and oxygen atoms in total. The normalized spacial score (nSPS) is 11.7. The first kappa shape index (κ1) is 18.6. The molecule has 0 saturated heterocycles. The fourth-order valence-corrected chi connectivity index (χ4v) is 3.16. The van der Waals surface area contributed by atoms with Crippen LogP contribution < -0.4 is 14.8 Å². The molecule has 1 unspecified atom stereocenters. The summed E-state index contributed by atoms with van der Waals surface area (Å²) in [5.74, 6) is 1.18. The number of amides is 1. The lowest BCUT2D eigenvalue weighted by molar-refractivity contribution is -0.116. The average Bonchev–Trinajstić information content (AvgIpc) is 3.21. The van der Waals surface area contributed by atoms with Crippen molar-refractivity contribution in [3.8, 4) is 11.5 Å². The summed E-state index contributed by atoms with van der Waals surface area (Å²) in [6.07, 6.45) is 4.29. The quantitative estimate of drug-likeness (QED) is 0.675. The Morgan fingerprint density at radius 1 is 1.00 bits per heavy atom. The van der Waals surface area contributed by atoms with Crippen LogP contribution in [-0.4, -0.2) is 24.7 Å². The van der Waals surface area contributed by atoms with Gasteiger partial charge in [0, 0.05) is 36.3 Å². The van der Waals surface area contributed by atoms with Crippen molar-refractivity contribution in [3.63, 3.8) is 0 Å². The molecule has 1 aromatic heterocycles. The van der Waals surface area contributed by atoms with Crippen LogP contribution in [0.4, 0.5) is 5.69 Å². The molecule has 0 fully saturated rings. The molecule has 1 amide bonds. The van der Waals surface area contributed by atoms with Gasteiger partial charge < -0.3 is 19.4 Å². The van der Waals surface area contributed by atoms with Gasteiger partial charge in [-0.15, -0.1) is 0 Å². The van der Waals surface area contributed by atoms with Crippen molar-refractivity contribution in [1.29, 1.82) is 0 Å². The number of hydrogen-bond donors (Lipinski definition) is 1. The summed E-state index contributed by atoms with van der Waals surface area (Å²) in [4.78, 5) is 12.8. The van der Waals surface area contributed by atoms with E-state index in [1.54, 1.807) is 32.4 Å². The predicted octanol–water partition coefficient (Wildman–Crippen LogP) is 4.43. The van der Waals surface area contributed by atoms with Crippen LogP contribution in [-0.2, 0) is 4.79 Å². The number of aromatic nitrogens is 1. The molecule has 0 aliphatic carbocycles. The lowest BCUT2D eigenvalue weighted by Gasteiger charge is -2.21. The zero-order valence-corrected chi connectivity index (χ0v) is 15.8. The number of rotatable bonds is 7. The van der Waals surface area contributed by atoms with Crippen LogP contribution in [0, 0.1) is 6.92 Å². The number of nitrogens with zero attached hydrogens (tertiary/aromatic N) is 1. The first-order valence-electron chi connectivity index (χ1n) is 8.81. The second-order valence-electron chi connectivity index (χ2n) is 6.36. The van der Waals surface area contributed by atoms with Crippen molar-refractivity contribution in [2.75, 3.05) is 19.5 Å². The molecule has 0 radical (unpaired) electrons. The van der Waals surface area contributed by atoms with Gasteiger partial charge in [-0.3, -0.25) is 4.79 Å². The largest absolute Gasteiger partial charge is 0.497 e. The molecular formula is C22H24N2O3. The van der Waals surface area contributed by atoms with E-state index >= 15 is 0 Å². The number of nitrogens with one attached hydrogen (secondary N) is 1. The minimum Gasteiger partial charge on any atom is -0.497 e. The van der Waals surface area contributed by atoms with E-state index in [9.17, 15) is 4.79 Å². The number of benzene rings is 2. The van der Waals surface area contributed by atoms with Crippen molar-refractivity contribution >= 4 is 11.6 Å². The van der Waals surface area contributed by atoms with Gasteiger partial charge in [-0.1, -0.05) is 24.3 Å². The van der Waals surface area contributed by atoms with Crippen LogP contribution in [0.1, 0.15) is 23.6 Å². The van der Waals surface area contributed by atoms with E-state index in [0.29, 0.717) is 23.6 Å². The highest BCUT2D eigenvalue weighted by atomic mass is 16.5. The Labute approximate surface area is 159 Å². The number of hydrogen-bond acceptors (Lipinski definition) is 3. The first-order valence-corrected chi connectivity index (χ1v) is 8.81. The Kier molecular flexibility index (Phi) is 5.81. The van der Waals surface area contributed by atoms with Gasteiger partial charge in [0.15, 0.2) is 0 Å². The molecule has 0 bridgehead atoms. The fourth-order valence-electron chi connectivity index (χ4n) is 3.16. The molecule has 3 aromatic rings. The van der Waals surface area contributed by atoms with Gasteiger partial charge in [-0.2, -0.15) is 0 Å². The molecule has 140 valence electrons. The van der Waals surface area contributed by atoms with Crippen molar-refractivity contribution in [2.45, 2.75) is 19.4 Å². The van der Waals surface area contributed by atoms with E-state index in [2.05, 4.69) is 28.9 Å². The van der Waals surface area contributed by atoms with E-state index in [0.717, 1.165) is 11.1 Å². The summed E-state index contributed by atoms with van der Waals surface area (Å²) >= 11 is 0. The lowest BCUT2D eigenvalue weighted by atomic mass is 9.98. The Morgan fingerprint density at radius 3 is 2.22 bits per heavy atom. The molecule has 1 heterocycles. The molecule has 1 N–H and O–H groups in total. The third-order valence-corrected chi connectivity index (χ3v) is 4.55. The average molecular weight is 364 g/mol. The highest BCUT2D eigenvalue weighted by Crippen LogP contribution is 2.28. The fraction of sp³-hybridized carbons (Fsp3) is 0.227. The Balaban J connectivity index is 1.83. The van der Waals surface area contributed by atoms with Crippen LogP contribution in [0.15, 0.2) is 67.0 Å². The van der Waals surface area contributed by atoms with Crippen molar-refractivity contribution < 1.29 is 14.3 Å². The van der Waals surface area contributed by atoms with Crippen LogP contribution in [0.3, 0.4) is 0 Å².